The minimum Gasteiger partial charge on any atom is -0.337 e. The van der Waals surface area contributed by atoms with E-state index in [1.54, 1.807) is 0 Å². The Morgan fingerprint density at radius 1 is 1.35 bits per heavy atom. The Kier molecular flexibility index (Phi) is 5.90. The molecule has 0 saturated carbocycles. The number of urea groups is 1. The number of rotatable bonds is 6. The predicted molar refractivity (Wildman–Crippen MR) is 96.5 cm³/mol. The van der Waals surface area contributed by atoms with E-state index in [2.05, 4.69) is 20.6 Å². The molecule has 1 fully saturated rings. The first-order valence-corrected chi connectivity index (χ1v) is 9.39. The number of nitrogens with one attached hydrogen (secondary N) is 1. The fraction of sp³-hybridized carbons (Fsp3) is 0.667. The number of hydrogen-bond acceptors (Lipinski definition) is 5. The van der Waals surface area contributed by atoms with Gasteiger partial charge in [0.1, 0.15) is 6.04 Å². The maximum Gasteiger partial charge on any atom is 0.318 e. The lowest BCUT2D eigenvalue weighted by Crippen LogP contribution is -2.45. The Bertz CT molecular complexity index is 688. The van der Waals surface area contributed by atoms with Crippen LogP contribution in [0.2, 0.25) is 0 Å². The molecular weight excluding hydrogens is 332 g/mol. The van der Waals surface area contributed by atoms with Crippen molar-refractivity contribution in [2.75, 3.05) is 13.1 Å². The smallest absolute Gasteiger partial charge is 0.318 e. The van der Waals surface area contributed by atoms with Gasteiger partial charge >= 0.3 is 6.03 Å². The van der Waals surface area contributed by atoms with Crippen molar-refractivity contribution in [2.45, 2.75) is 58.5 Å². The van der Waals surface area contributed by atoms with Crippen LogP contribution in [0.5, 0.6) is 0 Å². The molecule has 0 radical (unpaired) electrons. The monoisotopic (exact) mass is 360 g/mol. The van der Waals surface area contributed by atoms with E-state index in [0.29, 0.717) is 17.6 Å². The number of piperidine rings is 1. The van der Waals surface area contributed by atoms with Crippen LogP contribution in [-0.4, -0.2) is 43.9 Å². The van der Waals surface area contributed by atoms with E-state index in [1.807, 2.05) is 48.8 Å². The molecule has 0 spiro atoms. The van der Waals surface area contributed by atoms with E-state index in [1.165, 1.54) is 0 Å². The lowest BCUT2D eigenvalue weighted by molar-refractivity contribution is 0.161. The van der Waals surface area contributed by atoms with E-state index < -0.39 is 0 Å². The van der Waals surface area contributed by atoms with Gasteiger partial charge in [-0.1, -0.05) is 19.0 Å². The molecule has 3 rings (SSSR count). The molecule has 0 unspecified atom stereocenters. The third kappa shape index (κ3) is 4.62. The molecule has 0 bridgehead atoms. The Labute approximate surface area is 153 Å². The van der Waals surface area contributed by atoms with Crippen molar-refractivity contribution in [3.05, 3.63) is 30.2 Å². The Balaban J connectivity index is 1.42. The second kappa shape index (κ2) is 8.33. The first-order valence-electron chi connectivity index (χ1n) is 9.39. The molecule has 2 amide bonds. The molecule has 8 nitrogen and oxygen atoms in total. The van der Waals surface area contributed by atoms with Crippen LogP contribution in [-0.2, 0) is 6.54 Å². The van der Waals surface area contributed by atoms with Crippen LogP contribution in [0.15, 0.2) is 23.0 Å². The molecule has 2 aromatic rings. The van der Waals surface area contributed by atoms with E-state index >= 15 is 0 Å². The van der Waals surface area contributed by atoms with Crippen LogP contribution in [0.3, 0.4) is 0 Å². The van der Waals surface area contributed by atoms with Crippen LogP contribution in [0.1, 0.15) is 63.7 Å². The molecule has 1 N–H and O–H groups in total. The van der Waals surface area contributed by atoms with Crippen LogP contribution in [0, 0.1) is 5.92 Å². The van der Waals surface area contributed by atoms with Gasteiger partial charge in [0.25, 0.3) is 0 Å². The SMILES string of the molecule is CC(C)c1noc([C@H](C)NC(=O)N2CCC(CCn3cccn3)CC2)n1. The number of aryl methyl sites for hydroxylation is 1. The minimum atomic E-state index is -0.292. The summed E-state index contributed by atoms with van der Waals surface area (Å²) in [4.78, 5) is 18.7. The van der Waals surface area contributed by atoms with Gasteiger partial charge in [0.05, 0.1) is 0 Å². The van der Waals surface area contributed by atoms with Gasteiger partial charge in [0, 0.05) is 37.9 Å². The zero-order chi connectivity index (χ0) is 18.5. The van der Waals surface area contributed by atoms with Crippen molar-refractivity contribution in [1.29, 1.82) is 0 Å². The number of nitrogens with zero attached hydrogens (tertiary/aromatic N) is 5. The molecule has 0 aliphatic carbocycles. The van der Waals surface area contributed by atoms with Gasteiger partial charge in [-0.15, -0.1) is 0 Å². The van der Waals surface area contributed by atoms with Crippen molar-refractivity contribution in [2.24, 2.45) is 5.92 Å². The molecule has 26 heavy (non-hydrogen) atoms. The fourth-order valence-electron chi connectivity index (χ4n) is 3.17. The first-order chi connectivity index (χ1) is 12.5. The molecule has 3 heterocycles. The van der Waals surface area contributed by atoms with Gasteiger partial charge < -0.3 is 14.7 Å². The highest BCUT2D eigenvalue weighted by Gasteiger charge is 2.25. The zero-order valence-corrected chi connectivity index (χ0v) is 15.8. The molecule has 1 saturated heterocycles. The van der Waals surface area contributed by atoms with Gasteiger partial charge in [-0.3, -0.25) is 4.68 Å². The van der Waals surface area contributed by atoms with Crippen LogP contribution >= 0.6 is 0 Å². The molecule has 2 aromatic heterocycles. The topological polar surface area (TPSA) is 89.1 Å². The largest absolute Gasteiger partial charge is 0.337 e. The van der Waals surface area contributed by atoms with Crippen LogP contribution in [0.25, 0.3) is 0 Å². The number of carbonyl (C=O) groups is 1. The summed E-state index contributed by atoms with van der Waals surface area (Å²) in [7, 11) is 0. The Morgan fingerprint density at radius 2 is 2.12 bits per heavy atom. The average Bonchev–Trinajstić information content (AvgIpc) is 3.32. The fourth-order valence-corrected chi connectivity index (χ4v) is 3.17. The molecule has 142 valence electrons. The Morgan fingerprint density at radius 3 is 2.73 bits per heavy atom. The van der Waals surface area contributed by atoms with Gasteiger partial charge in [-0.05, 0) is 38.2 Å². The number of aromatic nitrogens is 4. The summed E-state index contributed by atoms with van der Waals surface area (Å²) in [5.41, 5.74) is 0. The predicted octanol–water partition coefficient (Wildman–Crippen LogP) is 2.96. The van der Waals surface area contributed by atoms with Gasteiger partial charge in [0.15, 0.2) is 5.82 Å². The second-order valence-electron chi connectivity index (χ2n) is 7.30. The van der Waals surface area contributed by atoms with Crippen molar-refractivity contribution in [3.8, 4) is 0 Å². The number of likely N-dealkylation sites (tertiary alicyclic amines) is 1. The Hall–Kier alpha value is -2.38. The highest BCUT2D eigenvalue weighted by molar-refractivity contribution is 5.74. The van der Waals surface area contributed by atoms with E-state index in [9.17, 15) is 4.79 Å². The molecule has 0 aromatic carbocycles. The molecular formula is C18H28N6O2. The first kappa shape index (κ1) is 18.4. The highest BCUT2D eigenvalue weighted by atomic mass is 16.5. The van der Waals surface area contributed by atoms with Crippen molar-refractivity contribution in [1.82, 2.24) is 30.1 Å². The highest BCUT2D eigenvalue weighted by Crippen LogP contribution is 2.22. The normalized spacial score (nSPS) is 16.8. The summed E-state index contributed by atoms with van der Waals surface area (Å²) in [6.45, 7) is 8.39. The summed E-state index contributed by atoms with van der Waals surface area (Å²) in [6.07, 6.45) is 6.96. The van der Waals surface area contributed by atoms with Crippen molar-refractivity contribution in [3.63, 3.8) is 0 Å². The summed E-state index contributed by atoms with van der Waals surface area (Å²) >= 11 is 0. The number of hydrogen-bond donors (Lipinski definition) is 1. The molecule has 1 aliphatic heterocycles. The molecule has 1 aliphatic rings. The third-order valence-corrected chi connectivity index (χ3v) is 4.91. The lowest BCUT2D eigenvalue weighted by atomic mass is 9.94. The number of amides is 2. The quantitative estimate of drug-likeness (QED) is 0.855. The van der Waals surface area contributed by atoms with Gasteiger partial charge in [0.2, 0.25) is 5.89 Å². The van der Waals surface area contributed by atoms with E-state index in [0.717, 1.165) is 38.9 Å². The summed E-state index contributed by atoms with van der Waals surface area (Å²) in [6, 6.07) is 1.59. The van der Waals surface area contributed by atoms with Crippen molar-refractivity contribution < 1.29 is 9.32 Å². The zero-order valence-electron chi connectivity index (χ0n) is 15.8. The second-order valence-corrected chi connectivity index (χ2v) is 7.30. The maximum atomic E-state index is 12.5. The average molecular weight is 360 g/mol. The van der Waals surface area contributed by atoms with Crippen LogP contribution < -0.4 is 5.32 Å². The standard InChI is InChI=1S/C18H28N6O2/c1-13(2)16-21-17(26-22-16)14(3)20-18(25)23-10-5-15(6-11-23)7-12-24-9-4-8-19-24/h4,8-9,13-15H,5-7,10-12H2,1-3H3,(H,20,25)/t14-/m0/s1. The summed E-state index contributed by atoms with van der Waals surface area (Å²) in [5.74, 6) is 1.97. The van der Waals surface area contributed by atoms with Crippen LogP contribution in [0.4, 0.5) is 4.79 Å². The van der Waals surface area contributed by atoms with Gasteiger partial charge in [-0.25, -0.2) is 4.79 Å². The van der Waals surface area contributed by atoms with Gasteiger partial charge in [-0.2, -0.15) is 10.1 Å². The molecule has 1 atom stereocenters. The third-order valence-electron chi connectivity index (χ3n) is 4.91. The molecule has 8 heteroatoms. The lowest BCUT2D eigenvalue weighted by Gasteiger charge is -2.32. The minimum absolute atomic E-state index is 0.0627. The summed E-state index contributed by atoms with van der Waals surface area (Å²) < 4.78 is 7.23. The number of carbonyl (C=O) groups excluding carboxylic acids is 1. The summed E-state index contributed by atoms with van der Waals surface area (Å²) in [5, 5.41) is 11.2. The van der Waals surface area contributed by atoms with E-state index in [4.69, 9.17) is 4.52 Å². The van der Waals surface area contributed by atoms with E-state index in [-0.39, 0.29) is 18.0 Å². The maximum absolute atomic E-state index is 12.5. The van der Waals surface area contributed by atoms with Crippen molar-refractivity contribution >= 4 is 6.03 Å².